The van der Waals surface area contributed by atoms with Crippen molar-refractivity contribution >= 4 is 40.3 Å². The van der Waals surface area contributed by atoms with Crippen LogP contribution in [0.25, 0.3) is 27.5 Å². The monoisotopic (exact) mass is 769 g/mol. The van der Waals surface area contributed by atoms with Gasteiger partial charge in [0.05, 0.1) is 0 Å². The van der Waals surface area contributed by atoms with Crippen molar-refractivity contribution < 1.29 is 79.7 Å². The fourth-order valence-corrected chi connectivity index (χ4v) is 7.70. The molecule has 4 rings (SSSR count). The molecule has 1 aliphatic rings. The summed E-state index contributed by atoms with van der Waals surface area (Å²) in [5, 5.41) is 81.7. The number of phenolic OH excluding ortho intramolecular Hbond substituents is 4. The topological polar surface area (TPSA) is 217 Å². The summed E-state index contributed by atoms with van der Waals surface area (Å²) in [6.07, 6.45) is 1.92. The van der Waals surface area contributed by atoms with Crippen molar-refractivity contribution in [3.8, 4) is 34.1 Å². The van der Waals surface area contributed by atoms with Crippen LogP contribution in [0.1, 0.15) is 113 Å². The summed E-state index contributed by atoms with van der Waals surface area (Å²) in [5.74, 6) is -6.86. The van der Waals surface area contributed by atoms with Crippen LogP contribution in [0, 0.1) is 31.6 Å². The first-order valence-corrected chi connectivity index (χ1v) is 18.5. The van der Waals surface area contributed by atoms with Gasteiger partial charge in [-0.1, -0.05) is 80.4 Å². The number of hydrogen-bond donors (Lipinski definition) is 8. The Morgan fingerprint density at radius 1 is 0.818 bits per heavy atom. The Labute approximate surface area is 344 Å². The number of rotatable bonds is 13. The Kier molecular flexibility index (Phi) is 14.6. The van der Waals surface area contributed by atoms with Gasteiger partial charge in [0, 0.05) is 57.1 Å². The number of carbonyl (C=O) groups excluding carboxylic acids is 1. The third-order valence-corrected chi connectivity index (χ3v) is 11.1. The number of nitrogens with one attached hydrogen (secondary N) is 1. The molecule has 0 spiro atoms. The Morgan fingerprint density at radius 3 is 1.89 bits per heavy atom. The Balaban J connectivity index is 0.00000812. The minimum absolute atomic E-state index is 0. The zero-order chi connectivity index (χ0) is 40.7. The number of benzene rings is 3. The molecule has 0 heterocycles. The number of aliphatic hydroxyl groups excluding tert-OH is 1. The van der Waals surface area contributed by atoms with Gasteiger partial charge in [-0.15, -0.1) is 0 Å². The van der Waals surface area contributed by atoms with E-state index in [1.54, 1.807) is 53.7 Å². The zero-order valence-corrected chi connectivity index (χ0v) is 35.6. The van der Waals surface area contributed by atoms with Gasteiger partial charge in [-0.05, 0) is 59.6 Å². The number of carbonyl (C=O) groups is 3. The van der Waals surface area contributed by atoms with Crippen molar-refractivity contribution in [3.05, 3.63) is 51.7 Å². The molecule has 0 radical (unpaired) electrons. The molecule has 0 amide bonds. The number of aliphatic carboxylic acids is 2. The normalized spacial score (nSPS) is 18.7. The smallest absolute Gasteiger partial charge is 0.507 e. The van der Waals surface area contributed by atoms with Crippen molar-refractivity contribution in [2.75, 3.05) is 0 Å². The molecule has 6 atom stereocenters. The molecule has 8 N–H and O–H groups in total. The van der Waals surface area contributed by atoms with Crippen molar-refractivity contribution in [2.24, 2.45) is 22.7 Å². The molecule has 55 heavy (non-hydrogen) atoms. The third-order valence-electron chi connectivity index (χ3n) is 11.1. The minimum atomic E-state index is -1.48. The van der Waals surface area contributed by atoms with Crippen LogP contribution in [0.2, 0.25) is 0 Å². The summed E-state index contributed by atoms with van der Waals surface area (Å²) in [4.78, 5) is 42.5. The van der Waals surface area contributed by atoms with Crippen LogP contribution in [0.3, 0.4) is 0 Å². The fraction of sp³-hybridized carbons (Fsp3) is 0.476. The molecule has 292 valence electrons. The largest absolute Gasteiger partial charge is 1.00 e. The summed E-state index contributed by atoms with van der Waals surface area (Å²) in [6, 6.07) is 1.19. The number of Topliss-reactive ketones (excluding diaryl/α,β-unsaturated/α-hetero) is 1. The average molecular weight is 770 g/mol. The SMILES string of the molecule is CC[C@H](C)[C@H](N=Cc1c(O)c(O)c(C(C)C)c2cc(C)c(-c3c(C)cc4c(c3O)/C(=C/N[C@H](C(=O)O)[C@@H](C)CC)C(=O)C(O)[C@@H]4C(C)C)c(O)c12)C(=O)O.[Na+]. The van der Waals surface area contributed by atoms with E-state index in [4.69, 9.17) is 0 Å². The van der Waals surface area contributed by atoms with Gasteiger partial charge in [-0.2, -0.15) is 0 Å². The Bertz CT molecular complexity index is 2050. The van der Waals surface area contributed by atoms with Crippen molar-refractivity contribution in [2.45, 2.75) is 112 Å². The number of aryl methyl sites for hydroxylation is 2. The summed E-state index contributed by atoms with van der Waals surface area (Å²) >= 11 is 0. The predicted octanol–water partition coefficient (Wildman–Crippen LogP) is 4.10. The van der Waals surface area contributed by atoms with Gasteiger partial charge in [0.1, 0.15) is 29.7 Å². The molecule has 13 heteroatoms. The van der Waals surface area contributed by atoms with Gasteiger partial charge in [-0.25, -0.2) is 9.59 Å². The Morgan fingerprint density at radius 2 is 1.38 bits per heavy atom. The maximum atomic E-state index is 13.9. The summed E-state index contributed by atoms with van der Waals surface area (Å²) < 4.78 is 0. The standard InChI is InChI=1S/C42H54N2O10.Na/c1-11-19(7)33(41(51)52)43-15-25-31-23(27(17(3)4)39(49)35(25)45)13-21(9)29(37(31)47)30-22(10)14-24-28(18(5)6)40(50)36(46)26(32(24)38(30)48)16-44-34(42(53)54)20(8)12-2;/h13-20,27,33-34,39,43,46-50H,11-12H2,1-10H3,(H,51,52)(H,53,54);/q;+1/b25-15-,44-16?;/t19-,20-,27+,33-,34-,39?;/m0./s1. The van der Waals surface area contributed by atoms with Crippen LogP contribution in [-0.2, 0) is 14.4 Å². The van der Waals surface area contributed by atoms with E-state index in [1.165, 1.54) is 6.20 Å². The Hall–Kier alpha value is -4.10. The van der Waals surface area contributed by atoms with E-state index < -0.39 is 59.1 Å². The first kappa shape index (κ1) is 45.3. The molecule has 0 aliphatic heterocycles. The molecule has 0 aromatic heterocycles. The van der Waals surface area contributed by atoms with Crippen molar-refractivity contribution in [3.63, 3.8) is 0 Å². The molecule has 1 unspecified atom stereocenters. The molecule has 0 bridgehead atoms. The van der Waals surface area contributed by atoms with Crippen LogP contribution in [0.4, 0.5) is 0 Å². The van der Waals surface area contributed by atoms with Gasteiger partial charge in [-0.3, -0.25) is 9.79 Å². The molecular weight excluding hydrogens is 715 g/mol. The fourth-order valence-electron chi connectivity index (χ4n) is 7.70. The molecule has 3 aromatic rings. The average Bonchev–Trinajstić information content (AvgIpc) is 3.08. The number of hydrogen-bond acceptors (Lipinski definition) is 10. The van der Waals surface area contributed by atoms with Crippen LogP contribution >= 0.6 is 0 Å². The number of fused-ring (bicyclic) bond motifs is 2. The van der Waals surface area contributed by atoms with E-state index in [-0.39, 0.29) is 92.2 Å². The van der Waals surface area contributed by atoms with E-state index in [1.807, 2.05) is 27.7 Å². The summed E-state index contributed by atoms with van der Waals surface area (Å²) in [7, 11) is 0. The number of ketones is 1. The van der Waals surface area contributed by atoms with Crippen LogP contribution in [0.5, 0.6) is 23.0 Å². The number of carboxylic acid groups (broad SMARTS) is 2. The molecule has 0 fully saturated rings. The number of aromatic hydroxyl groups is 4. The minimum Gasteiger partial charge on any atom is -0.507 e. The van der Waals surface area contributed by atoms with Gasteiger partial charge in [0.2, 0.25) is 0 Å². The molecule has 12 nitrogen and oxygen atoms in total. The van der Waals surface area contributed by atoms with E-state index in [0.29, 0.717) is 40.5 Å². The van der Waals surface area contributed by atoms with Crippen molar-refractivity contribution in [1.29, 1.82) is 0 Å². The van der Waals surface area contributed by atoms with Gasteiger partial charge in [0.15, 0.2) is 17.3 Å². The van der Waals surface area contributed by atoms with Crippen LogP contribution in [-0.4, -0.2) is 77.9 Å². The van der Waals surface area contributed by atoms with Gasteiger partial charge in [0.25, 0.3) is 0 Å². The third kappa shape index (κ3) is 8.24. The van der Waals surface area contributed by atoms with E-state index in [9.17, 15) is 50.1 Å². The van der Waals surface area contributed by atoms with E-state index >= 15 is 0 Å². The van der Waals surface area contributed by atoms with Crippen LogP contribution in [0.15, 0.2) is 23.3 Å². The number of aliphatic hydroxyl groups is 1. The maximum absolute atomic E-state index is 13.9. The first-order valence-electron chi connectivity index (χ1n) is 18.5. The van der Waals surface area contributed by atoms with E-state index in [0.717, 1.165) is 6.21 Å². The molecule has 3 aromatic carbocycles. The number of phenols is 4. The second-order valence-electron chi connectivity index (χ2n) is 15.4. The molecule has 0 saturated heterocycles. The second kappa shape index (κ2) is 17.8. The molecule has 0 saturated carbocycles. The van der Waals surface area contributed by atoms with Gasteiger partial charge >= 0.3 is 41.5 Å². The quantitative estimate of drug-likeness (QED) is 0.0536. The van der Waals surface area contributed by atoms with E-state index in [2.05, 4.69) is 10.3 Å². The maximum Gasteiger partial charge on any atom is 1.00 e. The summed E-state index contributed by atoms with van der Waals surface area (Å²) in [5.41, 5.74) is 1.87. The van der Waals surface area contributed by atoms with Gasteiger partial charge < -0.3 is 41.1 Å². The number of nitrogens with zero attached hydrogens (tertiary/aromatic N) is 1. The number of carboxylic acids is 2. The molecular formula is C42H54N2NaO10+. The molecule has 1 aliphatic carbocycles. The second-order valence-corrected chi connectivity index (χ2v) is 15.4. The summed E-state index contributed by atoms with van der Waals surface area (Å²) in [6.45, 7) is 17.8. The van der Waals surface area contributed by atoms with Crippen LogP contribution < -0.4 is 34.9 Å². The van der Waals surface area contributed by atoms with Crippen molar-refractivity contribution in [1.82, 2.24) is 5.32 Å². The zero-order valence-electron chi connectivity index (χ0n) is 33.6. The first-order chi connectivity index (χ1) is 25.2. The predicted molar refractivity (Wildman–Crippen MR) is 209 cm³/mol. The number of aliphatic imine (C=N–C) groups is 1.